The third-order valence-corrected chi connectivity index (χ3v) is 3.71. The van der Waals surface area contributed by atoms with Crippen molar-refractivity contribution in [2.24, 2.45) is 5.92 Å². The minimum atomic E-state index is -0.159. The fourth-order valence-electron chi connectivity index (χ4n) is 2.43. The van der Waals surface area contributed by atoms with E-state index in [2.05, 4.69) is 17.6 Å². The van der Waals surface area contributed by atoms with Gasteiger partial charge in [0.25, 0.3) is 0 Å². The molecule has 1 aliphatic heterocycles. The molecular weight excluding hydrogens is 240 g/mol. The minimum Gasteiger partial charge on any atom is -0.506 e. The van der Waals surface area contributed by atoms with Gasteiger partial charge in [-0.15, -0.1) is 0 Å². The predicted octanol–water partition coefficient (Wildman–Crippen LogP) is 2.28. The average molecular weight is 262 g/mol. The summed E-state index contributed by atoms with van der Waals surface area (Å²) in [5.41, 5.74) is 1.60. The summed E-state index contributed by atoms with van der Waals surface area (Å²) in [6.07, 6.45) is 2.84. The summed E-state index contributed by atoms with van der Waals surface area (Å²) >= 11 is 0. The molecule has 1 amide bonds. The first-order valence-electron chi connectivity index (χ1n) is 6.96. The predicted molar refractivity (Wildman–Crippen MR) is 76.3 cm³/mol. The molecule has 0 saturated carbocycles. The molecule has 104 valence electrons. The first-order valence-corrected chi connectivity index (χ1v) is 6.96. The molecule has 1 saturated heterocycles. The quantitative estimate of drug-likeness (QED) is 0.732. The number of phenolic OH excluding ortho intramolecular Hbond substituents is 1. The number of rotatable bonds is 3. The zero-order valence-electron chi connectivity index (χ0n) is 11.6. The van der Waals surface area contributed by atoms with Gasteiger partial charge < -0.3 is 15.7 Å². The lowest BCUT2D eigenvalue weighted by Gasteiger charge is -2.27. The first kappa shape index (κ1) is 13.9. The number of phenols is 1. The smallest absolute Gasteiger partial charge is 0.241 e. The lowest BCUT2D eigenvalue weighted by Crippen LogP contribution is -2.45. The summed E-state index contributed by atoms with van der Waals surface area (Å²) in [5, 5.41) is 15.8. The largest absolute Gasteiger partial charge is 0.506 e. The van der Waals surface area contributed by atoms with Crippen molar-refractivity contribution in [1.82, 2.24) is 5.32 Å². The number of piperidine rings is 1. The highest BCUT2D eigenvalue weighted by molar-refractivity contribution is 5.96. The van der Waals surface area contributed by atoms with Crippen molar-refractivity contribution < 1.29 is 9.90 Å². The van der Waals surface area contributed by atoms with Gasteiger partial charge in [0.05, 0.1) is 11.7 Å². The molecule has 1 heterocycles. The van der Waals surface area contributed by atoms with Gasteiger partial charge >= 0.3 is 0 Å². The standard InChI is InChI=1S/C15H22N2O2/c1-3-11-4-5-14(18)12(9-11)17-15(19)13-8-10(2)6-7-16-13/h4-5,9-10,13,16,18H,3,6-8H2,1-2H3,(H,17,19). The zero-order valence-corrected chi connectivity index (χ0v) is 11.6. The van der Waals surface area contributed by atoms with Gasteiger partial charge in [-0.2, -0.15) is 0 Å². The average Bonchev–Trinajstić information content (AvgIpc) is 2.41. The van der Waals surface area contributed by atoms with Crippen LogP contribution in [0.4, 0.5) is 5.69 Å². The van der Waals surface area contributed by atoms with Crippen LogP contribution in [0.2, 0.25) is 0 Å². The van der Waals surface area contributed by atoms with Gasteiger partial charge in [0.15, 0.2) is 0 Å². The summed E-state index contributed by atoms with van der Waals surface area (Å²) in [7, 11) is 0. The van der Waals surface area contributed by atoms with Crippen LogP contribution in [-0.2, 0) is 11.2 Å². The highest BCUT2D eigenvalue weighted by atomic mass is 16.3. The van der Waals surface area contributed by atoms with Gasteiger partial charge in [0, 0.05) is 0 Å². The summed E-state index contributed by atoms with van der Waals surface area (Å²) in [4.78, 5) is 12.2. The van der Waals surface area contributed by atoms with Crippen LogP contribution in [0.25, 0.3) is 0 Å². The van der Waals surface area contributed by atoms with Crippen LogP contribution in [0.15, 0.2) is 18.2 Å². The maximum atomic E-state index is 12.2. The molecule has 1 fully saturated rings. The third kappa shape index (κ3) is 3.47. The molecule has 0 aliphatic carbocycles. The van der Waals surface area contributed by atoms with E-state index in [9.17, 15) is 9.90 Å². The molecule has 0 aromatic heterocycles. The van der Waals surface area contributed by atoms with Crippen molar-refractivity contribution in [2.45, 2.75) is 39.2 Å². The topological polar surface area (TPSA) is 61.4 Å². The van der Waals surface area contributed by atoms with Crippen molar-refractivity contribution in [3.63, 3.8) is 0 Å². The van der Waals surface area contributed by atoms with E-state index in [0.29, 0.717) is 11.6 Å². The van der Waals surface area contributed by atoms with Crippen LogP contribution in [0.3, 0.4) is 0 Å². The van der Waals surface area contributed by atoms with E-state index in [0.717, 1.165) is 31.4 Å². The molecule has 1 aromatic rings. The number of aryl methyl sites for hydroxylation is 1. The lowest BCUT2D eigenvalue weighted by atomic mass is 9.94. The summed E-state index contributed by atoms with van der Waals surface area (Å²) in [6, 6.07) is 5.17. The Morgan fingerprint density at radius 2 is 2.32 bits per heavy atom. The number of nitrogens with one attached hydrogen (secondary N) is 2. The van der Waals surface area contributed by atoms with E-state index >= 15 is 0 Å². The van der Waals surface area contributed by atoms with E-state index in [4.69, 9.17) is 0 Å². The van der Waals surface area contributed by atoms with Crippen molar-refractivity contribution in [3.05, 3.63) is 23.8 Å². The van der Waals surface area contributed by atoms with E-state index < -0.39 is 0 Å². The number of anilines is 1. The molecule has 2 rings (SSSR count). The second-order valence-corrected chi connectivity index (χ2v) is 5.33. The summed E-state index contributed by atoms with van der Waals surface area (Å²) in [6.45, 7) is 5.08. The van der Waals surface area contributed by atoms with E-state index in [1.54, 1.807) is 6.07 Å². The second-order valence-electron chi connectivity index (χ2n) is 5.33. The number of carbonyl (C=O) groups excluding carboxylic acids is 1. The SMILES string of the molecule is CCc1ccc(O)c(NC(=O)C2CC(C)CCN2)c1. The fourth-order valence-corrected chi connectivity index (χ4v) is 2.43. The molecule has 2 unspecified atom stereocenters. The summed E-state index contributed by atoms with van der Waals surface area (Å²) < 4.78 is 0. The minimum absolute atomic E-state index is 0.0601. The number of benzene rings is 1. The molecule has 3 N–H and O–H groups in total. The van der Waals surface area contributed by atoms with Gasteiger partial charge in [-0.05, 0) is 49.4 Å². The van der Waals surface area contributed by atoms with Crippen LogP contribution in [0.1, 0.15) is 32.3 Å². The first-order chi connectivity index (χ1) is 9.10. The van der Waals surface area contributed by atoms with Gasteiger partial charge in [0.2, 0.25) is 5.91 Å². The van der Waals surface area contributed by atoms with Crippen LogP contribution < -0.4 is 10.6 Å². The Kier molecular flexibility index (Phi) is 4.43. The van der Waals surface area contributed by atoms with Crippen LogP contribution >= 0.6 is 0 Å². The van der Waals surface area contributed by atoms with Crippen LogP contribution in [0, 0.1) is 5.92 Å². The Balaban J connectivity index is 2.05. The molecule has 4 heteroatoms. The van der Waals surface area contributed by atoms with Gasteiger partial charge in [0.1, 0.15) is 5.75 Å². The van der Waals surface area contributed by atoms with Crippen molar-refractivity contribution in [2.75, 3.05) is 11.9 Å². The van der Waals surface area contributed by atoms with Crippen LogP contribution in [0.5, 0.6) is 5.75 Å². The van der Waals surface area contributed by atoms with Gasteiger partial charge in [-0.1, -0.05) is 19.9 Å². The Morgan fingerprint density at radius 3 is 3.00 bits per heavy atom. The lowest BCUT2D eigenvalue weighted by molar-refractivity contribution is -0.119. The molecule has 0 spiro atoms. The maximum absolute atomic E-state index is 12.2. The van der Waals surface area contributed by atoms with Crippen LogP contribution in [-0.4, -0.2) is 23.6 Å². The van der Waals surface area contributed by atoms with E-state index in [1.165, 1.54) is 0 Å². The molecule has 2 atom stereocenters. The van der Waals surface area contributed by atoms with Gasteiger partial charge in [-0.3, -0.25) is 4.79 Å². The molecule has 1 aliphatic rings. The zero-order chi connectivity index (χ0) is 13.8. The molecule has 1 aromatic carbocycles. The number of hydrogen-bond acceptors (Lipinski definition) is 3. The van der Waals surface area contributed by atoms with E-state index in [-0.39, 0.29) is 17.7 Å². The highest BCUT2D eigenvalue weighted by Gasteiger charge is 2.24. The van der Waals surface area contributed by atoms with Crippen molar-refractivity contribution in [3.8, 4) is 5.75 Å². The summed E-state index contributed by atoms with van der Waals surface area (Å²) in [5.74, 6) is 0.622. The molecular formula is C15H22N2O2. The normalized spacial score (nSPS) is 23.1. The molecule has 0 radical (unpaired) electrons. The Bertz CT molecular complexity index is 459. The number of amides is 1. The second kappa shape index (κ2) is 6.06. The molecule has 4 nitrogen and oxygen atoms in total. The number of aromatic hydroxyl groups is 1. The molecule has 0 bridgehead atoms. The third-order valence-electron chi connectivity index (χ3n) is 3.71. The number of carbonyl (C=O) groups is 1. The molecule has 19 heavy (non-hydrogen) atoms. The van der Waals surface area contributed by atoms with Crippen molar-refractivity contribution >= 4 is 11.6 Å². The fraction of sp³-hybridized carbons (Fsp3) is 0.533. The maximum Gasteiger partial charge on any atom is 0.241 e. The van der Waals surface area contributed by atoms with Gasteiger partial charge in [-0.25, -0.2) is 0 Å². The highest BCUT2D eigenvalue weighted by Crippen LogP contribution is 2.25. The Labute approximate surface area is 114 Å². The number of hydrogen-bond donors (Lipinski definition) is 3. The monoisotopic (exact) mass is 262 g/mol. The Hall–Kier alpha value is -1.55. The Morgan fingerprint density at radius 1 is 1.53 bits per heavy atom. The van der Waals surface area contributed by atoms with E-state index in [1.807, 2.05) is 19.1 Å². The van der Waals surface area contributed by atoms with Crippen molar-refractivity contribution in [1.29, 1.82) is 0 Å².